The molecule has 0 unspecified atom stereocenters. The highest BCUT2D eigenvalue weighted by molar-refractivity contribution is 7.15. The van der Waals surface area contributed by atoms with Gasteiger partial charge in [0.2, 0.25) is 5.88 Å². The van der Waals surface area contributed by atoms with Crippen LogP contribution in [-0.4, -0.2) is 33.4 Å². The van der Waals surface area contributed by atoms with Gasteiger partial charge in [-0.25, -0.2) is 9.67 Å². The molecule has 4 rings (SSSR count). The molecule has 1 aliphatic rings. The van der Waals surface area contributed by atoms with Crippen LogP contribution in [0.25, 0.3) is 0 Å². The van der Waals surface area contributed by atoms with Gasteiger partial charge in [-0.15, -0.1) is 16.4 Å². The first-order valence-corrected chi connectivity index (χ1v) is 10.0. The van der Waals surface area contributed by atoms with Crippen LogP contribution in [0.2, 0.25) is 0 Å². The van der Waals surface area contributed by atoms with E-state index in [1.165, 1.54) is 21.6 Å². The van der Waals surface area contributed by atoms with E-state index >= 15 is 0 Å². The van der Waals surface area contributed by atoms with E-state index < -0.39 is 0 Å². The van der Waals surface area contributed by atoms with E-state index in [0.717, 1.165) is 22.1 Å². The standard InChI is InChI=1S/C20H23N5O2S/c1-12-5-6-16(21-9-12)15-7-14(15)11-27-18-8-17(19(26)25(4)23-18)24(3)20-22-10-13(2)28-20/h5-6,8-10,14-15H,7,11H2,1-4H3/t14-,15+/m1/s1. The lowest BCUT2D eigenvalue weighted by Gasteiger charge is -2.16. The number of ether oxygens (including phenoxy) is 1. The summed E-state index contributed by atoms with van der Waals surface area (Å²) in [6, 6.07) is 5.88. The van der Waals surface area contributed by atoms with E-state index in [1.807, 2.05) is 27.1 Å². The van der Waals surface area contributed by atoms with Gasteiger partial charge in [0.15, 0.2) is 5.13 Å². The summed E-state index contributed by atoms with van der Waals surface area (Å²) in [5, 5.41) is 5.01. The summed E-state index contributed by atoms with van der Waals surface area (Å²) in [5.74, 6) is 1.31. The number of hydrogen-bond acceptors (Lipinski definition) is 7. The topological polar surface area (TPSA) is 73.1 Å². The Balaban J connectivity index is 1.46. The summed E-state index contributed by atoms with van der Waals surface area (Å²) in [6.07, 6.45) is 4.77. The van der Waals surface area contributed by atoms with Crippen molar-refractivity contribution >= 4 is 22.2 Å². The van der Waals surface area contributed by atoms with Crippen molar-refractivity contribution < 1.29 is 4.74 Å². The van der Waals surface area contributed by atoms with Crippen LogP contribution in [0.5, 0.6) is 5.88 Å². The van der Waals surface area contributed by atoms with Gasteiger partial charge >= 0.3 is 0 Å². The number of aryl methyl sites for hydroxylation is 3. The molecule has 1 fully saturated rings. The number of hydrogen-bond donors (Lipinski definition) is 0. The summed E-state index contributed by atoms with van der Waals surface area (Å²) in [6.45, 7) is 4.59. The second kappa shape index (κ2) is 7.35. The van der Waals surface area contributed by atoms with Gasteiger partial charge in [0.05, 0.1) is 6.61 Å². The Hall–Kier alpha value is -2.74. The fourth-order valence-corrected chi connectivity index (χ4v) is 3.90. The fourth-order valence-electron chi connectivity index (χ4n) is 3.16. The zero-order chi connectivity index (χ0) is 19.8. The monoisotopic (exact) mass is 397 g/mol. The van der Waals surface area contributed by atoms with Crippen LogP contribution in [0, 0.1) is 19.8 Å². The molecule has 0 saturated heterocycles. The predicted octanol–water partition coefficient (Wildman–Crippen LogP) is 3.20. The van der Waals surface area contributed by atoms with E-state index in [2.05, 4.69) is 27.2 Å². The minimum Gasteiger partial charge on any atom is -0.476 e. The van der Waals surface area contributed by atoms with E-state index in [0.29, 0.717) is 30.0 Å². The van der Waals surface area contributed by atoms with Crippen molar-refractivity contribution in [3.63, 3.8) is 0 Å². The third-order valence-electron chi connectivity index (χ3n) is 4.96. The molecule has 3 aromatic heterocycles. The zero-order valence-corrected chi connectivity index (χ0v) is 17.2. The molecule has 0 N–H and O–H groups in total. The number of anilines is 2. The molecule has 1 saturated carbocycles. The maximum absolute atomic E-state index is 12.5. The van der Waals surface area contributed by atoms with Crippen molar-refractivity contribution in [3.05, 3.63) is 57.1 Å². The van der Waals surface area contributed by atoms with Gasteiger partial charge in [-0.05, 0) is 31.9 Å². The number of aromatic nitrogens is 4. The molecule has 1 aliphatic carbocycles. The lowest BCUT2D eigenvalue weighted by Crippen LogP contribution is -2.27. The fraction of sp³-hybridized carbons (Fsp3) is 0.400. The SMILES string of the molecule is Cc1ccc([C@H]2C[C@@H]2COc2cc(N(C)c3ncc(C)s3)c(=O)n(C)n2)nc1. The van der Waals surface area contributed by atoms with E-state index in [9.17, 15) is 4.79 Å². The highest BCUT2D eigenvalue weighted by atomic mass is 32.1. The molecule has 0 aliphatic heterocycles. The Labute approximate surface area is 167 Å². The number of thiazole rings is 1. The van der Waals surface area contributed by atoms with Crippen LogP contribution in [0.15, 0.2) is 35.4 Å². The maximum Gasteiger partial charge on any atom is 0.290 e. The van der Waals surface area contributed by atoms with Crippen LogP contribution >= 0.6 is 11.3 Å². The van der Waals surface area contributed by atoms with Crippen molar-refractivity contribution in [2.45, 2.75) is 26.2 Å². The second-order valence-electron chi connectivity index (χ2n) is 7.28. The second-order valence-corrected chi connectivity index (χ2v) is 8.50. The molecule has 7 nitrogen and oxygen atoms in total. The number of nitrogens with zero attached hydrogens (tertiary/aromatic N) is 5. The third-order valence-corrected chi connectivity index (χ3v) is 5.95. The maximum atomic E-state index is 12.5. The number of pyridine rings is 1. The average Bonchev–Trinajstić information content (AvgIpc) is 3.33. The molecule has 0 spiro atoms. The van der Waals surface area contributed by atoms with Crippen molar-refractivity contribution in [1.29, 1.82) is 0 Å². The van der Waals surface area contributed by atoms with Gasteiger partial charge in [-0.3, -0.25) is 9.78 Å². The van der Waals surface area contributed by atoms with Gasteiger partial charge in [0.25, 0.3) is 5.56 Å². The normalized spacial score (nSPS) is 18.1. The van der Waals surface area contributed by atoms with Crippen molar-refractivity contribution in [1.82, 2.24) is 19.7 Å². The molecule has 3 aromatic rings. The van der Waals surface area contributed by atoms with E-state index in [4.69, 9.17) is 4.74 Å². The lowest BCUT2D eigenvalue weighted by atomic mass is 10.2. The Bertz CT molecular complexity index is 1040. The van der Waals surface area contributed by atoms with Crippen LogP contribution < -0.4 is 15.2 Å². The van der Waals surface area contributed by atoms with Crippen molar-refractivity contribution in [2.75, 3.05) is 18.6 Å². The van der Waals surface area contributed by atoms with Crippen molar-refractivity contribution in [2.24, 2.45) is 13.0 Å². The van der Waals surface area contributed by atoms with Gasteiger partial charge in [0.1, 0.15) is 5.69 Å². The smallest absolute Gasteiger partial charge is 0.290 e. The molecular weight excluding hydrogens is 374 g/mol. The Morgan fingerprint density at radius 2 is 2.11 bits per heavy atom. The summed E-state index contributed by atoms with van der Waals surface area (Å²) in [7, 11) is 3.47. The molecule has 28 heavy (non-hydrogen) atoms. The Kier molecular flexibility index (Phi) is 4.89. The molecule has 2 atom stereocenters. The molecule has 146 valence electrons. The molecule has 0 bridgehead atoms. The lowest BCUT2D eigenvalue weighted by molar-refractivity contribution is 0.278. The quantitative estimate of drug-likeness (QED) is 0.636. The zero-order valence-electron chi connectivity index (χ0n) is 16.4. The van der Waals surface area contributed by atoms with Gasteiger partial charge < -0.3 is 9.64 Å². The summed E-state index contributed by atoms with van der Waals surface area (Å²) in [4.78, 5) is 24.3. The third kappa shape index (κ3) is 3.77. The van der Waals surface area contributed by atoms with Crippen molar-refractivity contribution in [3.8, 4) is 5.88 Å². The van der Waals surface area contributed by atoms with E-state index in [-0.39, 0.29) is 5.56 Å². The first-order valence-electron chi connectivity index (χ1n) is 9.22. The highest BCUT2D eigenvalue weighted by Crippen LogP contribution is 2.46. The Morgan fingerprint density at radius 1 is 1.29 bits per heavy atom. The minimum atomic E-state index is -0.184. The molecular formula is C20H23N5O2S. The largest absolute Gasteiger partial charge is 0.476 e. The molecule has 8 heteroatoms. The molecule has 0 amide bonds. The molecule has 0 aromatic carbocycles. The van der Waals surface area contributed by atoms with Crippen LogP contribution in [0.3, 0.4) is 0 Å². The summed E-state index contributed by atoms with van der Waals surface area (Å²) in [5.41, 5.74) is 2.59. The van der Waals surface area contributed by atoms with Gasteiger partial charge in [-0.1, -0.05) is 6.07 Å². The first-order chi connectivity index (χ1) is 13.4. The van der Waals surface area contributed by atoms with Crippen LogP contribution in [-0.2, 0) is 7.05 Å². The Morgan fingerprint density at radius 3 is 2.79 bits per heavy atom. The molecule has 3 heterocycles. The average molecular weight is 398 g/mol. The summed E-state index contributed by atoms with van der Waals surface area (Å²) < 4.78 is 7.24. The molecule has 0 radical (unpaired) electrons. The first kappa shape index (κ1) is 18.6. The predicted molar refractivity (Wildman–Crippen MR) is 110 cm³/mol. The number of rotatable bonds is 6. The van der Waals surface area contributed by atoms with E-state index in [1.54, 1.807) is 24.2 Å². The van der Waals surface area contributed by atoms with Crippen LogP contribution in [0.1, 0.15) is 28.5 Å². The van der Waals surface area contributed by atoms with Gasteiger partial charge in [-0.2, -0.15) is 0 Å². The van der Waals surface area contributed by atoms with Crippen LogP contribution in [0.4, 0.5) is 10.8 Å². The highest BCUT2D eigenvalue weighted by Gasteiger charge is 2.40. The minimum absolute atomic E-state index is 0.184. The van der Waals surface area contributed by atoms with Gasteiger partial charge in [0, 0.05) is 55.0 Å². The summed E-state index contributed by atoms with van der Waals surface area (Å²) >= 11 is 1.54.